The van der Waals surface area contributed by atoms with Crippen LogP contribution < -0.4 is 4.74 Å². The van der Waals surface area contributed by atoms with Crippen LogP contribution >= 0.6 is 15.9 Å². The number of hydrogen-bond acceptors (Lipinski definition) is 2. The molecule has 1 amide bonds. The second kappa shape index (κ2) is 5.29. The molecule has 0 aromatic heterocycles. The molecule has 20 heavy (non-hydrogen) atoms. The van der Waals surface area contributed by atoms with E-state index in [1.54, 1.807) is 7.11 Å². The average Bonchev–Trinajstić information content (AvgIpc) is 2.76. The van der Waals surface area contributed by atoms with Crippen molar-refractivity contribution >= 4 is 21.8 Å². The van der Waals surface area contributed by atoms with Crippen LogP contribution in [0.4, 0.5) is 0 Å². The van der Waals surface area contributed by atoms with Crippen LogP contribution in [-0.2, 0) is 13.1 Å². The van der Waals surface area contributed by atoms with Crippen molar-refractivity contribution in [3.05, 3.63) is 63.6 Å². The highest BCUT2D eigenvalue weighted by Crippen LogP contribution is 2.27. The second-order valence-electron chi connectivity index (χ2n) is 4.81. The molecule has 0 unspecified atom stereocenters. The lowest BCUT2D eigenvalue weighted by atomic mass is 10.1. The van der Waals surface area contributed by atoms with Crippen LogP contribution in [0.2, 0.25) is 0 Å². The predicted octanol–water partition coefficient (Wildman–Crippen LogP) is 3.61. The van der Waals surface area contributed by atoms with Gasteiger partial charge in [0.15, 0.2) is 0 Å². The molecule has 1 heterocycles. The third-order valence-corrected chi connectivity index (χ3v) is 3.95. The first kappa shape index (κ1) is 13.2. The van der Waals surface area contributed by atoms with Gasteiger partial charge in [-0.2, -0.15) is 0 Å². The molecule has 1 aliphatic heterocycles. The predicted molar refractivity (Wildman–Crippen MR) is 80.7 cm³/mol. The third-order valence-electron chi connectivity index (χ3n) is 3.46. The Bertz CT molecular complexity index is 669. The third kappa shape index (κ3) is 2.43. The normalized spacial score (nSPS) is 13.5. The van der Waals surface area contributed by atoms with E-state index in [1.165, 1.54) is 0 Å². The molecule has 0 atom stereocenters. The summed E-state index contributed by atoms with van der Waals surface area (Å²) in [4.78, 5) is 14.2. The van der Waals surface area contributed by atoms with E-state index < -0.39 is 0 Å². The summed E-state index contributed by atoms with van der Waals surface area (Å²) in [6.45, 7) is 1.26. The lowest BCUT2D eigenvalue weighted by Crippen LogP contribution is -2.23. The van der Waals surface area contributed by atoms with Crippen molar-refractivity contribution in [1.29, 1.82) is 0 Å². The topological polar surface area (TPSA) is 29.5 Å². The minimum absolute atomic E-state index is 0.0871. The van der Waals surface area contributed by atoms with Crippen LogP contribution in [0.3, 0.4) is 0 Å². The Hall–Kier alpha value is -1.81. The van der Waals surface area contributed by atoms with Crippen molar-refractivity contribution in [1.82, 2.24) is 4.90 Å². The molecule has 0 saturated heterocycles. The van der Waals surface area contributed by atoms with Crippen LogP contribution in [-0.4, -0.2) is 17.9 Å². The molecule has 3 rings (SSSR count). The maximum absolute atomic E-state index is 12.4. The zero-order valence-corrected chi connectivity index (χ0v) is 12.7. The van der Waals surface area contributed by atoms with Gasteiger partial charge < -0.3 is 9.64 Å². The van der Waals surface area contributed by atoms with Crippen LogP contribution in [0.5, 0.6) is 5.75 Å². The number of benzene rings is 2. The highest BCUT2D eigenvalue weighted by atomic mass is 79.9. The summed E-state index contributed by atoms with van der Waals surface area (Å²) >= 11 is 3.41. The van der Waals surface area contributed by atoms with Gasteiger partial charge in [0, 0.05) is 23.1 Å². The zero-order chi connectivity index (χ0) is 14.1. The summed E-state index contributed by atoms with van der Waals surface area (Å²) in [5, 5.41) is 0. The number of carbonyl (C=O) groups excluding carboxylic acids is 1. The summed E-state index contributed by atoms with van der Waals surface area (Å²) < 4.78 is 6.15. The summed E-state index contributed by atoms with van der Waals surface area (Å²) in [6, 6.07) is 13.7. The fourth-order valence-electron chi connectivity index (χ4n) is 2.45. The number of methoxy groups -OCH3 is 1. The number of carbonyl (C=O) groups is 1. The Morgan fingerprint density at radius 3 is 2.90 bits per heavy atom. The van der Waals surface area contributed by atoms with Crippen molar-refractivity contribution in [2.24, 2.45) is 0 Å². The molecule has 0 N–H and O–H groups in total. The lowest BCUT2D eigenvalue weighted by Gasteiger charge is -2.16. The molecule has 0 fully saturated rings. The highest BCUT2D eigenvalue weighted by Gasteiger charge is 2.27. The molecule has 0 aliphatic carbocycles. The monoisotopic (exact) mass is 331 g/mol. The first-order chi connectivity index (χ1) is 9.67. The molecule has 2 aromatic rings. The molecule has 102 valence electrons. The van der Waals surface area contributed by atoms with Gasteiger partial charge in [0.05, 0.1) is 7.11 Å². The fourth-order valence-corrected chi connectivity index (χ4v) is 2.81. The number of halogens is 1. The lowest BCUT2D eigenvalue weighted by molar-refractivity contribution is 0.0766. The fraction of sp³-hybridized carbons (Fsp3) is 0.188. The second-order valence-corrected chi connectivity index (χ2v) is 5.73. The van der Waals surface area contributed by atoms with Crippen molar-refractivity contribution in [2.75, 3.05) is 7.11 Å². The van der Waals surface area contributed by atoms with Gasteiger partial charge in [0.25, 0.3) is 5.91 Å². The number of fused-ring (bicyclic) bond motifs is 1. The van der Waals surface area contributed by atoms with E-state index in [9.17, 15) is 4.79 Å². The van der Waals surface area contributed by atoms with E-state index in [2.05, 4.69) is 15.9 Å². The molecular formula is C16H14BrNO2. The first-order valence-electron chi connectivity index (χ1n) is 6.38. The van der Waals surface area contributed by atoms with E-state index in [0.717, 1.165) is 26.9 Å². The highest BCUT2D eigenvalue weighted by molar-refractivity contribution is 9.10. The maximum atomic E-state index is 12.4. The van der Waals surface area contributed by atoms with Crippen LogP contribution in [0, 0.1) is 0 Å². The molecule has 2 aromatic carbocycles. The summed E-state index contributed by atoms with van der Waals surface area (Å²) in [6.07, 6.45) is 0. The van der Waals surface area contributed by atoms with Crippen LogP contribution in [0.1, 0.15) is 21.5 Å². The van der Waals surface area contributed by atoms with Crippen LogP contribution in [0.25, 0.3) is 0 Å². The Morgan fingerprint density at radius 2 is 2.10 bits per heavy atom. The molecule has 4 heteroatoms. The Labute approximate surface area is 126 Å². The molecule has 0 bridgehead atoms. The largest absolute Gasteiger partial charge is 0.497 e. The van der Waals surface area contributed by atoms with Gasteiger partial charge in [-0.05, 0) is 35.4 Å². The number of ether oxygens (including phenoxy) is 1. The number of hydrogen-bond donors (Lipinski definition) is 0. The van der Waals surface area contributed by atoms with E-state index in [4.69, 9.17) is 4.74 Å². The molecular weight excluding hydrogens is 318 g/mol. The SMILES string of the molecule is COc1cccc(CN2Cc3ccc(Br)cc3C2=O)c1. The van der Waals surface area contributed by atoms with E-state index in [1.807, 2.05) is 47.4 Å². The number of amides is 1. The molecule has 0 radical (unpaired) electrons. The minimum atomic E-state index is 0.0871. The standard InChI is InChI=1S/C16H14BrNO2/c1-20-14-4-2-3-11(7-14)9-18-10-12-5-6-13(17)8-15(12)16(18)19/h2-8H,9-10H2,1H3. The Kier molecular flexibility index (Phi) is 3.49. The molecule has 3 nitrogen and oxygen atoms in total. The molecule has 0 saturated carbocycles. The maximum Gasteiger partial charge on any atom is 0.254 e. The Morgan fingerprint density at radius 1 is 1.25 bits per heavy atom. The summed E-state index contributed by atoms with van der Waals surface area (Å²) in [5.74, 6) is 0.901. The average molecular weight is 332 g/mol. The Balaban J connectivity index is 1.82. The quantitative estimate of drug-likeness (QED) is 0.859. The molecule has 0 spiro atoms. The van der Waals surface area contributed by atoms with Gasteiger partial charge in [-0.15, -0.1) is 0 Å². The van der Waals surface area contributed by atoms with Crippen molar-refractivity contribution in [2.45, 2.75) is 13.1 Å². The van der Waals surface area contributed by atoms with E-state index in [-0.39, 0.29) is 5.91 Å². The van der Waals surface area contributed by atoms with Gasteiger partial charge >= 0.3 is 0 Å². The van der Waals surface area contributed by atoms with Gasteiger partial charge in [-0.25, -0.2) is 0 Å². The smallest absolute Gasteiger partial charge is 0.254 e. The van der Waals surface area contributed by atoms with Gasteiger partial charge in [0.1, 0.15) is 5.75 Å². The zero-order valence-electron chi connectivity index (χ0n) is 11.1. The molecule has 1 aliphatic rings. The van der Waals surface area contributed by atoms with E-state index >= 15 is 0 Å². The first-order valence-corrected chi connectivity index (χ1v) is 7.17. The van der Waals surface area contributed by atoms with Gasteiger partial charge in [0.2, 0.25) is 0 Å². The summed E-state index contributed by atoms with van der Waals surface area (Å²) in [7, 11) is 1.65. The minimum Gasteiger partial charge on any atom is -0.497 e. The van der Waals surface area contributed by atoms with Crippen LogP contribution in [0.15, 0.2) is 46.9 Å². The van der Waals surface area contributed by atoms with Gasteiger partial charge in [-0.3, -0.25) is 4.79 Å². The van der Waals surface area contributed by atoms with E-state index in [0.29, 0.717) is 13.1 Å². The number of rotatable bonds is 3. The van der Waals surface area contributed by atoms with Crippen molar-refractivity contribution in [3.8, 4) is 5.75 Å². The number of nitrogens with zero attached hydrogens (tertiary/aromatic N) is 1. The van der Waals surface area contributed by atoms with Crippen molar-refractivity contribution < 1.29 is 9.53 Å². The van der Waals surface area contributed by atoms with Gasteiger partial charge in [-0.1, -0.05) is 34.1 Å². The van der Waals surface area contributed by atoms with Crippen molar-refractivity contribution in [3.63, 3.8) is 0 Å². The summed E-state index contributed by atoms with van der Waals surface area (Å²) in [5.41, 5.74) is 2.95.